The number of hydrogen-bond donors (Lipinski definition) is 1. The van der Waals surface area contributed by atoms with Gasteiger partial charge in [0.1, 0.15) is 11.6 Å². The van der Waals surface area contributed by atoms with Gasteiger partial charge in [0.2, 0.25) is 0 Å². The van der Waals surface area contributed by atoms with Crippen molar-refractivity contribution in [2.45, 2.75) is 0 Å². The number of hydrogen-bond acceptors (Lipinski definition) is 2. The SMILES string of the molecule is COc1ccc2c(C(=O)c3ccc(F)cc3)c[nH]c2c1. The number of carbonyl (C=O) groups is 1. The van der Waals surface area contributed by atoms with Crippen molar-refractivity contribution in [3.05, 3.63) is 65.6 Å². The fourth-order valence-corrected chi connectivity index (χ4v) is 2.18. The molecule has 1 aromatic heterocycles. The Morgan fingerprint density at radius 2 is 1.90 bits per heavy atom. The fourth-order valence-electron chi connectivity index (χ4n) is 2.18. The number of ketones is 1. The Hall–Kier alpha value is -2.62. The summed E-state index contributed by atoms with van der Waals surface area (Å²) in [5.74, 6) is 0.228. The molecule has 3 aromatic rings. The Bertz CT molecular complexity index is 775. The third-order valence-corrected chi connectivity index (χ3v) is 3.24. The lowest BCUT2D eigenvalue weighted by atomic mass is 10.0. The number of fused-ring (bicyclic) bond motifs is 1. The standard InChI is InChI=1S/C16H12FNO2/c1-20-12-6-7-13-14(9-18-15(13)8-12)16(19)10-2-4-11(17)5-3-10/h2-9,18H,1H3. The molecule has 3 nitrogen and oxygen atoms in total. The van der Waals surface area contributed by atoms with Crippen molar-refractivity contribution in [1.29, 1.82) is 0 Å². The van der Waals surface area contributed by atoms with Crippen LogP contribution in [0.15, 0.2) is 48.7 Å². The summed E-state index contributed by atoms with van der Waals surface area (Å²) < 4.78 is 18.0. The van der Waals surface area contributed by atoms with Crippen molar-refractivity contribution in [2.75, 3.05) is 7.11 Å². The summed E-state index contributed by atoms with van der Waals surface area (Å²) in [6.45, 7) is 0. The molecule has 0 atom stereocenters. The summed E-state index contributed by atoms with van der Waals surface area (Å²) in [4.78, 5) is 15.5. The number of nitrogens with one attached hydrogen (secondary N) is 1. The summed E-state index contributed by atoms with van der Waals surface area (Å²) in [7, 11) is 1.59. The second kappa shape index (κ2) is 4.81. The highest BCUT2D eigenvalue weighted by Crippen LogP contribution is 2.25. The molecule has 20 heavy (non-hydrogen) atoms. The Morgan fingerprint density at radius 1 is 1.15 bits per heavy atom. The van der Waals surface area contributed by atoms with Gasteiger partial charge in [0, 0.05) is 34.3 Å². The first-order valence-electron chi connectivity index (χ1n) is 6.14. The number of methoxy groups -OCH3 is 1. The van der Waals surface area contributed by atoms with Gasteiger partial charge in [0.15, 0.2) is 5.78 Å². The molecule has 0 fully saturated rings. The minimum absolute atomic E-state index is 0.138. The molecule has 0 aliphatic carbocycles. The second-order valence-electron chi connectivity index (χ2n) is 4.45. The quantitative estimate of drug-likeness (QED) is 0.739. The highest BCUT2D eigenvalue weighted by atomic mass is 19.1. The fraction of sp³-hybridized carbons (Fsp3) is 0.0625. The van der Waals surface area contributed by atoms with E-state index in [1.54, 1.807) is 19.4 Å². The average Bonchev–Trinajstić information content (AvgIpc) is 2.90. The van der Waals surface area contributed by atoms with Crippen molar-refractivity contribution >= 4 is 16.7 Å². The molecular weight excluding hydrogens is 257 g/mol. The number of halogens is 1. The van der Waals surface area contributed by atoms with Crippen LogP contribution < -0.4 is 4.74 Å². The number of H-pyrrole nitrogens is 1. The molecule has 1 N–H and O–H groups in total. The molecule has 0 aliphatic rings. The molecule has 0 unspecified atom stereocenters. The smallest absolute Gasteiger partial charge is 0.195 e. The van der Waals surface area contributed by atoms with Crippen molar-refractivity contribution < 1.29 is 13.9 Å². The molecule has 100 valence electrons. The number of rotatable bonds is 3. The van der Waals surface area contributed by atoms with Crippen LogP contribution in [0.25, 0.3) is 10.9 Å². The van der Waals surface area contributed by atoms with Crippen molar-refractivity contribution in [2.24, 2.45) is 0 Å². The van der Waals surface area contributed by atoms with Gasteiger partial charge in [-0.05, 0) is 36.4 Å². The number of aromatic amines is 1. The molecule has 0 radical (unpaired) electrons. The summed E-state index contributed by atoms with van der Waals surface area (Å²) in [5.41, 5.74) is 1.85. The third-order valence-electron chi connectivity index (χ3n) is 3.24. The monoisotopic (exact) mass is 269 g/mol. The van der Waals surface area contributed by atoms with E-state index >= 15 is 0 Å². The normalized spacial score (nSPS) is 10.7. The lowest BCUT2D eigenvalue weighted by Crippen LogP contribution is -2.00. The first kappa shape index (κ1) is 12.4. The van der Waals surface area contributed by atoms with E-state index in [0.29, 0.717) is 11.1 Å². The van der Waals surface area contributed by atoms with Crippen LogP contribution in [0.4, 0.5) is 4.39 Å². The molecule has 3 rings (SSSR count). The number of aromatic nitrogens is 1. The second-order valence-corrected chi connectivity index (χ2v) is 4.45. The van der Waals surface area contributed by atoms with Crippen LogP contribution in [0, 0.1) is 5.82 Å². The number of benzene rings is 2. The Morgan fingerprint density at radius 3 is 2.60 bits per heavy atom. The maximum Gasteiger partial charge on any atom is 0.195 e. The zero-order valence-electron chi connectivity index (χ0n) is 10.8. The first-order valence-corrected chi connectivity index (χ1v) is 6.14. The van der Waals surface area contributed by atoms with Crippen LogP contribution >= 0.6 is 0 Å². The Balaban J connectivity index is 2.05. The van der Waals surface area contributed by atoms with Gasteiger partial charge in [0.25, 0.3) is 0 Å². The lowest BCUT2D eigenvalue weighted by Gasteiger charge is -2.01. The maximum atomic E-state index is 12.9. The molecule has 4 heteroatoms. The van der Waals surface area contributed by atoms with E-state index in [4.69, 9.17) is 4.74 Å². The van der Waals surface area contributed by atoms with E-state index in [0.717, 1.165) is 16.7 Å². The molecular formula is C16H12FNO2. The summed E-state index contributed by atoms with van der Waals surface area (Å²) >= 11 is 0. The van der Waals surface area contributed by atoms with Gasteiger partial charge in [-0.2, -0.15) is 0 Å². The molecule has 0 saturated heterocycles. The third kappa shape index (κ3) is 2.05. The van der Waals surface area contributed by atoms with Gasteiger partial charge in [-0.1, -0.05) is 0 Å². The van der Waals surface area contributed by atoms with Crippen LogP contribution in [-0.4, -0.2) is 17.9 Å². The summed E-state index contributed by atoms with van der Waals surface area (Å²) in [6, 6.07) is 11.0. The van der Waals surface area contributed by atoms with E-state index in [1.165, 1.54) is 24.3 Å². The first-order chi connectivity index (χ1) is 9.69. The Kier molecular flexibility index (Phi) is 2.99. The largest absolute Gasteiger partial charge is 0.497 e. The van der Waals surface area contributed by atoms with Crippen LogP contribution in [0.1, 0.15) is 15.9 Å². The predicted molar refractivity (Wildman–Crippen MR) is 74.7 cm³/mol. The van der Waals surface area contributed by atoms with Gasteiger partial charge in [-0.15, -0.1) is 0 Å². The zero-order chi connectivity index (χ0) is 14.1. The van der Waals surface area contributed by atoms with Crippen LogP contribution in [-0.2, 0) is 0 Å². The minimum atomic E-state index is -0.356. The van der Waals surface area contributed by atoms with Gasteiger partial charge in [0.05, 0.1) is 7.11 Å². The molecule has 0 spiro atoms. The van der Waals surface area contributed by atoms with E-state index in [9.17, 15) is 9.18 Å². The molecule has 0 amide bonds. The van der Waals surface area contributed by atoms with Crippen molar-refractivity contribution in [3.8, 4) is 5.75 Å². The maximum absolute atomic E-state index is 12.9. The predicted octanol–water partition coefficient (Wildman–Crippen LogP) is 3.55. The zero-order valence-corrected chi connectivity index (χ0v) is 10.8. The number of ether oxygens (including phenoxy) is 1. The molecule has 2 aromatic carbocycles. The van der Waals surface area contributed by atoms with E-state index < -0.39 is 0 Å². The van der Waals surface area contributed by atoms with Gasteiger partial charge in [-0.3, -0.25) is 4.79 Å². The van der Waals surface area contributed by atoms with E-state index in [1.807, 2.05) is 12.1 Å². The highest BCUT2D eigenvalue weighted by Gasteiger charge is 2.14. The highest BCUT2D eigenvalue weighted by molar-refractivity contribution is 6.16. The molecule has 0 saturated carbocycles. The van der Waals surface area contributed by atoms with Crippen molar-refractivity contribution in [1.82, 2.24) is 4.98 Å². The van der Waals surface area contributed by atoms with Crippen LogP contribution in [0.5, 0.6) is 5.75 Å². The van der Waals surface area contributed by atoms with Crippen LogP contribution in [0.2, 0.25) is 0 Å². The number of carbonyl (C=O) groups excluding carboxylic acids is 1. The van der Waals surface area contributed by atoms with Gasteiger partial charge < -0.3 is 9.72 Å². The summed E-state index contributed by atoms with van der Waals surface area (Å²) in [6.07, 6.45) is 1.66. The van der Waals surface area contributed by atoms with Crippen LogP contribution in [0.3, 0.4) is 0 Å². The molecule has 1 heterocycles. The van der Waals surface area contributed by atoms with E-state index in [2.05, 4.69) is 4.98 Å². The molecule has 0 bridgehead atoms. The molecule has 0 aliphatic heterocycles. The van der Waals surface area contributed by atoms with Gasteiger partial charge >= 0.3 is 0 Å². The van der Waals surface area contributed by atoms with E-state index in [-0.39, 0.29) is 11.6 Å². The minimum Gasteiger partial charge on any atom is -0.497 e. The van der Waals surface area contributed by atoms with Gasteiger partial charge in [-0.25, -0.2) is 4.39 Å². The topological polar surface area (TPSA) is 42.1 Å². The summed E-state index contributed by atoms with van der Waals surface area (Å²) in [5, 5.41) is 0.820. The lowest BCUT2D eigenvalue weighted by molar-refractivity contribution is 0.104. The average molecular weight is 269 g/mol. The van der Waals surface area contributed by atoms with Crippen molar-refractivity contribution in [3.63, 3.8) is 0 Å². The Labute approximate surface area is 115 Å².